The van der Waals surface area contributed by atoms with E-state index in [4.69, 9.17) is 4.98 Å². The summed E-state index contributed by atoms with van der Waals surface area (Å²) in [5.41, 5.74) is 4.29. The third-order valence-corrected chi connectivity index (χ3v) is 5.19. The predicted molar refractivity (Wildman–Crippen MR) is 102 cm³/mol. The van der Waals surface area contributed by atoms with Crippen LogP contribution in [0.1, 0.15) is 18.4 Å². The lowest BCUT2D eigenvalue weighted by Crippen LogP contribution is -2.33. The summed E-state index contributed by atoms with van der Waals surface area (Å²) in [4.78, 5) is 7.19. The lowest BCUT2D eigenvalue weighted by Gasteiger charge is -2.29. The minimum Gasteiger partial charge on any atom is -0.370 e. The molecule has 1 saturated heterocycles. The minimum absolute atomic E-state index is 0.719. The molecule has 3 aromatic rings. The van der Waals surface area contributed by atoms with Crippen LogP contribution in [0.3, 0.4) is 0 Å². The van der Waals surface area contributed by atoms with E-state index in [0.29, 0.717) is 0 Å². The van der Waals surface area contributed by atoms with Crippen molar-refractivity contribution < 1.29 is 0 Å². The van der Waals surface area contributed by atoms with Gasteiger partial charge in [-0.15, -0.1) is 0 Å². The molecule has 0 aliphatic carbocycles. The zero-order valence-electron chi connectivity index (χ0n) is 14.9. The third-order valence-electron chi connectivity index (χ3n) is 5.19. The van der Waals surface area contributed by atoms with Crippen LogP contribution in [-0.4, -0.2) is 46.2 Å². The first-order valence-corrected chi connectivity index (χ1v) is 9.04. The fraction of sp³-hybridized carbons (Fsp3) is 0.400. The van der Waals surface area contributed by atoms with Crippen molar-refractivity contribution in [2.24, 2.45) is 5.92 Å². The Kier molecular flexibility index (Phi) is 4.40. The fourth-order valence-corrected chi connectivity index (χ4v) is 3.55. The maximum Gasteiger partial charge on any atom is 0.157 e. The van der Waals surface area contributed by atoms with E-state index in [9.17, 15) is 0 Å². The maximum absolute atomic E-state index is 4.79. The molecule has 0 amide bonds. The van der Waals surface area contributed by atoms with Gasteiger partial charge in [0.25, 0.3) is 0 Å². The first kappa shape index (κ1) is 16.1. The highest BCUT2D eigenvalue weighted by atomic mass is 15.3. The summed E-state index contributed by atoms with van der Waals surface area (Å²) in [5, 5.41) is 8.06. The van der Waals surface area contributed by atoms with Crippen LogP contribution in [0.25, 0.3) is 16.9 Å². The molecule has 1 N–H and O–H groups in total. The number of aromatic nitrogens is 3. The van der Waals surface area contributed by atoms with Crippen molar-refractivity contribution in [3.05, 3.63) is 48.2 Å². The summed E-state index contributed by atoms with van der Waals surface area (Å²) in [6.07, 6.45) is 4.31. The van der Waals surface area contributed by atoms with E-state index in [2.05, 4.69) is 59.6 Å². The Morgan fingerprint density at radius 2 is 1.96 bits per heavy atom. The Hall–Kier alpha value is -2.40. The van der Waals surface area contributed by atoms with E-state index in [1.165, 1.54) is 37.1 Å². The van der Waals surface area contributed by atoms with Gasteiger partial charge in [-0.05, 0) is 51.4 Å². The van der Waals surface area contributed by atoms with E-state index in [1.807, 2.05) is 16.8 Å². The molecular formula is C20H25N5. The monoisotopic (exact) mass is 335 g/mol. The normalized spacial score (nSPS) is 16.4. The Balaban J connectivity index is 1.61. The number of nitrogens with one attached hydrogen (secondary N) is 1. The maximum atomic E-state index is 4.79. The van der Waals surface area contributed by atoms with Crippen molar-refractivity contribution in [2.75, 3.05) is 32.0 Å². The molecule has 1 aliphatic heterocycles. The number of piperidine rings is 1. The van der Waals surface area contributed by atoms with Gasteiger partial charge in [-0.1, -0.05) is 24.3 Å². The molecule has 1 fully saturated rings. The van der Waals surface area contributed by atoms with Crippen LogP contribution in [0.2, 0.25) is 0 Å². The second-order valence-corrected chi connectivity index (χ2v) is 7.07. The molecule has 1 aliphatic rings. The van der Waals surface area contributed by atoms with Gasteiger partial charge < -0.3 is 10.2 Å². The molecule has 0 unspecified atom stereocenters. The molecule has 1 aromatic carbocycles. The molecule has 4 rings (SSSR count). The first-order valence-electron chi connectivity index (χ1n) is 9.04. The molecule has 5 nitrogen and oxygen atoms in total. The Bertz CT molecular complexity index is 861. The molecule has 0 spiro atoms. The quantitative estimate of drug-likeness (QED) is 0.793. The zero-order chi connectivity index (χ0) is 17.2. The van der Waals surface area contributed by atoms with Crippen LogP contribution in [0, 0.1) is 12.8 Å². The SMILES string of the molecule is Cc1ccccc1-c1cc(NCC2CCN(C)CC2)n2nccc2n1. The second kappa shape index (κ2) is 6.84. The van der Waals surface area contributed by atoms with Gasteiger partial charge in [0.1, 0.15) is 5.82 Å². The molecule has 5 heteroatoms. The van der Waals surface area contributed by atoms with Gasteiger partial charge >= 0.3 is 0 Å². The molecule has 25 heavy (non-hydrogen) atoms. The van der Waals surface area contributed by atoms with Crippen molar-refractivity contribution in [1.29, 1.82) is 0 Å². The number of benzene rings is 1. The summed E-state index contributed by atoms with van der Waals surface area (Å²) < 4.78 is 1.90. The van der Waals surface area contributed by atoms with Crippen molar-refractivity contribution in [3.8, 4) is 11.3 Å². The fourth-order valence-electron chi connectivity index (χ4n) is 3.55. The van der Waals surface area contributed by atoms with Gasteiger partial charge in [0, 0.05) is 24.2 Å². The molecule has 0 atom stereocenters. The van der Waals surface area contributed by atoms with Gasteiger partial charge in [-0.3, -0.25) is 0 Å². The molecule has 3 heterocycles. The van der Waals surface area contributed by atoms with Crippen LogP contribution in [-0.2, 0) is 0 Å². The van der Waals surface area contributed by atoms with Gasteiger partial charge in [0.15, 0.2) is 5.65 Å². The number of nitrogens with zero attached hydrogens (tertiary/aromatic N) is 4. The standard InChI is InChI=1S/C20H25N5/c1-15-5-3-4-6-17(15)18-13-20(25-19(23-18)7-10-22-25)21-14-16-8-11-24(2)12-9-16/h3-7,10,13,16,21H,8-9,11-12,14H2,1-2H3. The Labute approximate surface area is 148 Å². The number of aryl methyl sites for hydroxylation is 1. The highest BCUT2D eigenvalue weighted by Crippen LogP contribution is 2.25. The Morgan fingerprint density at radius 1 is 1.16 bits per heavy atom. The molecule has 0 saturated carbocycles. The molecule has 2 aromatic heterocycles. The number of rotatable bonds is 4. The van der Waals surface area contributed by atoms with Crippen LogP contribution in [0.15, 0.2) is 42.6 Å². The average Bonchev–Trinajstić information content (AvgIpc) is 3.10. The van der Waals surface area contributed by atoms with Gasteiger partial charge in [0.2, 0.25) is 0 Å². The molecular weight excluding hydrogens is 310 g/mol. The highest BCUT2D eigenvalue weighted by Gasteiger charge is 2.17. The number of hydrogen-bond acceptors (Lipinski definition) is 4. The lowest BCUT2D eigenvalue weighted by atomic mass is 9.97. The minimum atomic E-state index is 0.719. The topological polar surface area (TPSA) is 45.5 Å². The van der Waals surface area contributed by atoms with Crippen molar-refractivity contribution in [1.82, 2.24) is 19.5 Å². The summed E-state index contributed by atoms with van der Waals surface area (Å²) in [6, 6.07) is 12.5. The number of likely N-dealkylation sites (tertiary alicyclic amines) is 1. The summed E-state index contributed by atoms with van der Waals surface area (Å²) in [5.74, 6) is 1.74. The average molecular weight is 335 g/mol. The smallest absolute Gasteiger partial charge is 0.157 e. The first-order chi connectivity index (χ1) is 12.2. The van der Waals surface area contributed by atoms with Gasteiger partial charge in [-0.25, -0.2) is 4.98 Å². The van der Waals surface area contributed by atoms with Gasteiger partial charge in [0.05, 0.1) is 11.9 Å². The van der Waals surface area contributed by atoms with Crippen LogP contribution < -0.4 is 5.32 Å². The molecule has 0 radical (unpaired) electrons. The largest absolute Gasteiger partial charge is 0.370 e. The molecule has 130 valence electrons. The van der Waals surface area contributed by atoms with Crippen LogP contribution in [0.5, 0.6) is 0 Å². The molecule has 0 bridgehead atoms. The zero-order valence-corrected chi connectivity index (χ0v) is 14.9. The van der Waals surface area contributed by atoms with E-state index in [0.717, 1.165) is 29.6 Å². The number of hydrogen-bond donors (Lipinski definition) is 1. The number of anilines is 1. The third kappa shape index (κ3) is 3.37. The van der Waals surface area contributed by atoms with E-state index in [-0.39, 0.29) is 0 Å². The second-order valence-electron chi connectivity index (χ2n) is 7.07. The van der Waals surface area contributed by atoms with Crippen molar-refractivity contribution in [3.63, 3.8) is 0 Å². The predicted octanol–water partition coefficient (Wildman–Crippen LogP) is 3.46. The van der Waals surface area contributed by atoms with Crippen molar-refractivity contribution in [2.45, 2.75) is 19.8 Å². The van der Waals surface area contributed by atoms with E-state index < -0.39 is 0 Å². The Morgan fingerprint density at radius 3 is 2.76 bits per heavy atom. The van der Waals surface area contributed by atoms with Crippen LogP contribution in [0.4, 0.5) is 5.82 Å². The van der Waals surface area contributed by atoms with E-state index >= 15 is 0 Å². The van der Waals surface area contributed by atoms with E-state index in [1.54, 1.807) is 0 Å². The van der Waals surface area contributed by atoms with Crippen molar-refractivity contribution >= 4 is 11.5 Å². The van der Waals surface area contributed by atoms with Gasteiger partial charge in [-0.2, -0.15) is 9.61 Å². The lowest BCUT2D eigenvalue weighted by molar-refractivity contribution is 0.226. The van der Waals surface area contributed by atoms with Crippen LogP contribution >= 0.6 is 0 Å². The highest BCUT2D eigenvalue weighted by molar-refractivity contribution is 5.69. The number of fused-ring (bicyclic) bond motifs is 1. The summed E-state index contributed by atoms with van der Waals surface area (Å²) in [6.45, 7) is 5.49. The summed E-state index contributed by atoms with van der Waals surface area (Å²) in [7, 11) is 2.20. The summed E-state index contributed by atoms with van der Waals surface area (Å²) >= 11 is 0.